The number of nitro groups is 1. The molecule has 2 N–H and O–H groups in total. The van der Waals surface area contributed by atoms with Crippen LogP contribution in [0.5, 0.6) is 11.5 Å². The normalized spacial score (nSPS) is 11.5. The zero-order valence-corrected chi connectivity index (χ0v) is 14.1. The Morgan fingerprint density at radius 3 is 2.81 bits per heavy atom. The third-order valence-corrected chi connectivity index (χ3v) is 3.91. The van der Waals surface area contributed by atoms with Crippen LogP contribution in [-0.4, -0.2) is 27.1 Å². The molecule has 0 radical (unpaired) electrons. The highest BCUT2D eigenvalue weighted by Crippen LogP contribution is 2.38. The number of fused-ring (bicyclic) bond motifs is 1. The van der Waals surface area contributed by atoms with Crippen molar-refractivity contribution < 1.29 is 14.8 Å². The van der Waals surface area contributed by atoms with Crippen molar-refractivity contribution in [2.24, 2.45) is 0 Å². The second-order valence-corrected chi connectivity index (χ2v) is 5.68. The van der Waals surface area contributed by atoms with Gasteiger partial charge in [0.1, 0.15) is 0 Å². The number of aromatic hydroxyl groups is 1. The summed E-state index contributed by atoms with van der Waals surface area (Å²) in [6, 6.07) is 9.29. The number of nitro benzene ring substituents is 1. The van der Waals surface area contributed by atoms with Gasteiger partial charge in [-0.3, -0.25) is 14.9 Å². The van der Waals surface area contributed by atoms with Gasteiger partial charge in [0.05, 0.1) is 28.0 Å². The van der Waals surface area contributed by atoms with E-state index in [1.54, 1.807) is 24.3 Å². The highest BCUT2D eigenvalue weighted by atomic mass is 35.5. The van der Waals surface area contributed by atoms with Crippen LogP contribution in [0.15, 0.2) is 41.2 Å². The smallest absolute Gasteiger partial charge is 0.315 e. The summed E-state index contributed by atoms with van der Waals surface area (Å²) >= 11 is 6.24. The number of ether oxygens (including phenoxy) is 1. The van der Waals surface area contributed by atoms with Gasteiger partial charge >= 0.3 is 5.69 Å². The number of aromatic nitrogens is 2. The number of phenolic OH excluding ortho intramolecular Hbond substituents is 1. The van der Waals surface area contributed by atoms with Gasteiger partial charge in [-0.1, -0.05) is 23.7 Å². The lowest BCUT2D eigenvalue weighted by atomic mass is 10.1. The van der Waals surface area contributed by atoms with Crippen molar-refractivity contribution in [1.29, 1.82) is 0 Å². The molecule has 0 amide bonds. The molecule has 0 atom stereocenters. The molecule has 26 heavy (non-hydrogen) atoms. The lowest BCUT2D eigenvalue weighted by Crippen LogP contribution is -2.10. The molecule has 9 heteroatoms. The molecule has 8 nitrogen and oxygen atoms in total. The predicted octanol–water partition coefficient (Wildman–Crippen LogP) is 3.28. The van der Waals surface area contributed by atoms with Gasteiger partial charge in [0, 0.05) is 6.07 Å². The Labute approximate surface area is 151 Å². The average Bonchev–Trinajstić information content (AvgIpc) is 2.62. The summed E-state index contributed by atoms with van der Waals surface area (Å²) in [4.78, 5) is 29.3. The number of hydrogen-bond acceptors (Lipinski definition) is 6. The topological polar surface area (TPSA) is 118 Å². The largest absolute Gasteiger partial charge is 0.500 e. The molecule has 3 aromatic rings. The van der Waals surface area contributed by atoms with Gasteiger partial charge in [-0.2, -0.15) is 0 Å². The van der Waals surface area contributed by atoms with Gasteiger partial charge < -0.3 is 14.8 Å². The van der Waals surface area contributed by atoms with Crippen molar-refractivity contribution in [1.82, 2.24) is 9.97 Å². The maximum Gasteiger partial charge on any atom is 0.315 e. The van der Waals surface area contributed by atoms with E-state index in [-0.39, 0.29) is 22.2 Å². The number of rotatable bonds is 4. The van der Waals surface area contributed by atoms with Crippen LogP contribution in [0.3, 0.4) is 0 Å². The number of aromatic amines is 1. The van der Waals surface area contributed by atoms with E-state index in [1.165, 1.54) is 19.3 Å². The number of para-hydroxylation sites is 1. The highest BCUT2D eigenvalue weighted by Gasteiger charge is 2.19. The van der Waals surface area contributed by atoms with Crippen LogP contribution in [0.2, 0.25) is 0 Å². The van der Waals surface area contributed by atoms with E-state index in [9.17, 15) is 20.0 Å². The van der Waals surface area contributed by atoms with Gasteiger partial charge in [0.25, 0.3) is 5.56 Å². The molecule has 2 aromatic carbocycles. The zero-order valence-electron chi connectivity index (χ0n) is 13.4. The molecule has 1 heterocycles. The van der Waals surface area contributed by atoms with Crippen LogP contribution in [0.1, 0.15) is 11.4 Å². The molecular weight excluding hydrogens is 362 g/mol. The van der Waals surface area contributed by atoms with Crippen molar-refractivity contribution >= 4 is 39.3 Å². The van der Waals surface area contributed by atoms with Crippen LogP contribution < -0.4 is 10.3 Å². The Bertz CT molecular complexity index is 1110. The van der Waals surface area contributed by atoms with E-state index < -0.39 is 16.4 Å². The van der Waals surface area contributed by atoms with E-state index in [1.807, 2.05) is 0 Å². The molecule has 0 unspecified atom stereocenters. The molecule has 0 aliphatic rings. The van der Waals surface area contributed by atoms with Gasteiger partial charge in [-0.25, -0.2) is 4.98 Å². The fourth-order valence-corrected chi connectivity index (χ4v) is 2.62. The Morgan fingerprint density at radius 1 is 1.38 bits per heavy atom. The quantitative estimate of drug-likeness (QED) is 0.535. The molecule has 0 spiro atoms. The van der Waals surface area contributed by atoms with E-state index in [0.717, 1.165) is 6.07 Å². The number of hydrogen-bond donors (Lipinski definition) is 2. The predicted molar refractivity (Wildman–Crippen MR) is 97.4 cm³/mol. The first kappa shape index (κ1) is 17.4. The molecule has 3 rings (SSSR count). The van der Waals surface area contributed by atoms with E-state index >= 15 is 0 Å². The molecule has 0 saturated heterocycles. The van der Waals surface area contributed by atoms with Crippen molar-refractivity contribution in [2.75, 3.05) is 7.11 Å². The third kappa shape index (κ3) is 3.22. The monoisotopic (exact) mass is 373 g/mol. The fraction of sp³-hybridized carbons (Fsp3) is 0.0588. The van der Waals surface area contributed by atoms with Crippen molar-refractivity contribution in [3.63, 3.8) is 0 Å². The van der Waals surface area contributed by atoms with Gasteiger partial charge in [0.15, 0.2) is 11.6 Å². The lowest BCUT2D eigenvalue weighted by Gasteiger charge is -2.06. The molecule has 0 bridgehead atoms. The van der Waals surface area contributed by atoms with Crippen LogP contribution in [-0.2, 0) is 0 Å². The molecule has 1 aromatic heterocycles. The first-order chi connectivity index (χ1) is 12.4. The maximum atomic E-state index is 12.1. The molecule has 0 fully saturated rings. The summed E-state index contributed by atoms with van der Waals surface area (Å²) in [5.74, 6) is -0.539. The third-order valence-electron chi connectivity index (χ3n) is 3.63. The molecule has 0 aliphatic heterocycles. The molecule has 0 saturated carbocycles. The minimum Gasteiger partial charge on any atom is -0.500 e. The first-order valence-corrected chi connectivity index (χ1v) is 7.70. The highest BCUT2D eigenvalue weighted by molar-refractivity contribution is 6.50. The number of nitrogens with one attached hydrogen (secondary N) is 1. The second kappa shape index (κ2) is 6.85. The Morgan fingerprint density at radius 2 is 2.12 bits per heavy atom. The number of methoxy groups -OCH3 is 1. The van der Waals surface area contributed by atoms with Gasteiger partial charge in [-0.05, 0) is 29.8 Å². The zero-order chi connectivity index (χ0) is 18.8. The SMILES string of the molecule is COc1cc(C=C(Cl)c2nc3ccccc3c(=O)[nH]2)cc([N+](=O)[O-])c1O. The average molecular weight is 374 g/mol. The lowest BCUT2D eigenvalue weighted by molar-refractivity contribution is -0.386. The number of halogens is 1. The van der Waals surface area contributed by atoms with E-state index in [4.69, 9.17) is 16.3 Å². The number of phenols is 1. The summed E-state index contributed by atoms with van der Waals surface area (Å²) in [5.41, 5.74) is -0.120. The van der Waals surface area contributed by atoms with Crippen LogP contribution in [0.25, 0.3) is 22.0 Å². The van der Waals surface area contributed by atoms with Crippen molar-refractivity contribution in [3.8, 4) is 11.5 Å². The Balaban J connectivity index is 2.12. The number of nitrogens with zero attached hydrogens (tertiary/aromatic N) is 2. The van der Waals surface area contributed by atoms with Crippen LogP contribution >= 0.6 is 11.6 Å². The van der Waals surface area contributed by atoms with Gasteiger partial charge in [-0.15, -0.1) is 0 Å². The van der Waals surface area contributed by atoms with Gasteiger partial charge in [0.2, 0.25) is 5.75 Å². The maximum absolute atomic E-state index is 12.1. The summed E-state index contributed by atoms with van der Waals surface area (Å²) in [6.45, 7) is 0. The Hall–Kier alpha value is -3.39. The summed E-state index contributed by atoms with van der Waals surface area (Å²) in [5, 5.41) is 21.4. The number of benzene rings is 2. The van der Waals surface area contributed by atoms with E-state index in [0.29, 0.717) is 16.5 Å². The fourth-order valence-electron chi connectivity index (χ4n) is 2.41. The van der Waals surface area contributed by atoms with E-state index in [2.05, 4.69) is 9.97 Å². The minimum absolute atomic E-state index is 0.0647. The van der Waals surface area contributed by atoms with Crippen molar-refractivity contribution in [2.45, 2.75) is 0 Å². The molecular formula is C17H12ClN3O5. The van der Waals surface area contributed by atoms with Crippen molar-refractivity contribution in [3.05, 3.63) is 68.3 Å². The van der Waals surface area contributed by atoms with Crippen LogP contribution in [0.4, 0.5) is 5.69 Å². The minimum atomic E-state index is -0.737. The molecule has 0 aliphatic carbocycles. The summed E-state index contributed by atoms with van der Waals surface area (Å²) in [6.07, 6.45) is 1.38. The number of H-pyrrole nitrogens is 1. The first-order valence-electron chi connectivity index (χ1n) is 7.32. The summed E-state index contributed by atoms with van der Waals surface area (Å²) in [7, 11) is 1.27. The molecule has 132 valence electrons. The summed E-state index contributed by atoms with van der Waals surface area (Å²) < 4.78 is 4.94. The second-order valence-electron chi connectivity index (χ2n) is 5.27. The standard InChI is InChI=1S/C17H12ClN3O5/c1-26-14-8-9(7-13(15(14)22)21(24)25)6-11(18)16-19-12-5-3-2-4-10(12)17(23)20-16/h2-8,22H,1H3,(H,19,20,23). The van der Waals surface area contributed by atoms with Crippen LogP contribution in [0, 0.1) is 10.1 Å². The Kier molecular flexibility index (Phi) is 4.59.